The summed E-state index contributed by atoms with van der Waals surface area (Å²) in [4.78, 5) is 17.5. The Morgan fingerprint density at radius 1 is 1.00 bits per heavy atom. The van der Waals surface area contributed by atoms with Crippen LogP contribution >= 0.6 is 34.4 Å². The standard InChI is InChI=1S/C23H24N4OS3/c1-16-8-9-17(2)21(12-16)27-18(3)24-25-23(27)31-15-22(28)26(13-19-6-4-10-29-19)14-20-7-5-11-30-20/h4-12H,13-15H2,1-3H3. The van der Waals surface area contributed by atoms with Crippen LogP contribution in [-0.4, -0.2) is 31.3 Å². The fraction of sp³-hybridized carbons (Fsp3) is 0.261. The number of amides is 1. The molecule has 0 saturated carbocycles. The minimum absolute atomic E-state index is 0.0972. The molecule has 0 saturated heterocycles. The molecular weight excluding hydrogens is 444 g/mol. The fourth-order valence-corrected chi connectivity index (χ4v) is 5.64. The maximum absolute atomic E-state index is 13.2. The Morgan fingerprint density at radius 3 is 2.29 bits per heavy atom. The van der Waals surface area contributed by atoms with Gasteiger partial charge < -0.3 is 4.90 Å². The Bertz CT molecular complexity index is 1110. The van der Waals surface area contributed by atoms with Gasteiger partial charge in [0.25, 0.3) is 0 Å². The molecule has 160 valence electrons. The maximum atomic E-state index is 13.2. The molecule has 5 nitrogen and oxygen atoms in total. The molecule has 0 atom stereocenters. The summed E-state index contributed by atoms with van der Waals surface area (Å²) in [6, 6.07) is 14.5. The molecule has 0 aliphatic rings. The first kappa shape index (κ1) is 21.8. The highest BCUT2D eigenvalue weighted by Crippen LogP contribution is 2.26. The van der Waals surface area contributed by atoms with Gasteiger partial charge in [0.05, 0.1) is 24.5 Å². The summed E-state index contributed by atoms with van der Waals surface area (Å²) in [6.45, 7) is 7.35. The Morgan fingerprint density at radius 2 is 1.68 bits per heavy atom. The number of nitrogens with zero attached hydrogens (tertiary/aromatic N) is 4. The number of carbonyl (C=O) groups is 1. The van der Waals surface area contributed by atoms with Crippen molar-refractivity contribution < 1.29 is 4.79 Å². The number of thioether (sulfide) groups is 1. The van der Waals surface area contributed by atoms with Crippen molar-refractivity contribution in [3.8, 4) is 5.69 Å². The molecular formula is C23H24N4OS3. The van der Waals surface area contributed by atoms with Crippen molar-refractivity contribution in [3.05, 3.63) is 79.9 Å². The SMILES string of the molecule is Cc1ccc(C)c(-n2c(C)nnc2SCC(=O)N(Cc2cccs2)Cc2cccs2)c1. The number of hydrogen-bond acceptors (Lipinski definition) is 6. The second-order valence-corrected chi connectivity index (χ2v) is 10.4. The Kier molecular flexibility index (Phi) is 6.89. The summed E-state index contributed by atoms with van der Waals surface area (Å²) in [5, 5.41) is 13.5. The predicted octanol–water partition coefficient (Wildman–Crippen LogP) is 5.64. The summed E-state index contributed by atoms with van der Waals surface area (Å²) >= 11 is 4.80. The number of aromatic nitrogens is 3. The van der Waals surface area contributed by atoms with E-state index in [1.165, 1.54) is 27.1 Å². The molecule has 0 fully saturated rings. The van der Waals surface area contributed by atoms with Crippen LogP contribution in [0.3, 0.4) is 0 Å². The van der Waals surface area contributed by atoms with Crippen LogP contribution in [0, 0.1) is 20.8 Å². The van der Waals surface area contributed by atoms with E-state index in [-0.39, 0.29) is 5.91 Å². The fourth-order valence-electron chi connectivity index (χ4n) is 3.31. The highest BCUT2D eigenvalue weighted by atomic mass is 32.2. The van der Waals surface area contributed by atoms with Gasteiger partial charge in [0.1, 0.15) is 5.82 Å². The van der Waals surface area contributed by atoms with Gasteiger partial charge in [0.15, 0.2) is 5.16 Å². The Labute approximate surface area is 194 Å². The minimum atomic E-state index is 0.0972. The number of thiophene rings is 2. The summed E-state index contributed by atoms with van der Waals surface area (Å²) in [5.41, 5.74) is 3.39. The third-order valence-corrected chi connectivity index (χ3v) is 7.57. The van der Waals surface area contributed by atoms with Crippen LogP contribution in [0.2, 0.25) is 0 Å². The normalized spacial score (nSPS) is 11.1. The van der Waals surface area contributed by atoms with Gasteiger partial charge in [0, 0.05) is 9.75 Å². The molecule has 31 heavy (non-hydrogen) atoms. The number of carbonyl (C=O) groups excluding carboxylic acids is 1. The number of aryl methyl sites for hydroxylation is 3. The quantitative estimate of drug-likeness (QED) is 0.314. The number of benzene rings is 1. The first-order valence-corrected chi connectivity index (χ1v) is 12.7. The molecule has 1 aromatic carbocycles. The molecule has 0 unspecified atom stereocenters. The Balaban J connectivity index is 1.52. The highest BCUT2D eigenvalue weighted by Gasteiger charge is 2.19. The van der Waals surface area contributed by atoms with Crippen LogP contribution in [-0.2, 0) is 17.9 Å². The third kappa shape index (κ3) is 5.26. The lowest BCUT2D eigenvalue weighted by molar-refractivity contribution is -0.129. The maximum Gasteiger partial charge on any atom is 0.233 e. The summed E-state index contributed by atoms with van der Waals surface area (Å²) < 4.78 is 2.04. The second-order valence-electron chi connectivity index (χ2n) is 7.35. The van der Waals surface area contributed by atoms with Crippen LogP contribution in [0.5, 0.6) is 0 Å². The molecule has 0 aliphatic heterocycles. The van der Waals surface area contributed by atoms with Crippen molar-refractivity contribution in [1.29, 1.82) is 0 Å². The van der Waals surface area contributed by atoms with Crippen LogP contribution in [0.15, 0.2) is 58.4 Å². The highest BCUT2D eigenvalue weighted by molar-refractivity contribution is 7.99. The van der Waals surface area contributed by atoms with Crippen LogP contribution in [0.25, 0.3) is 5.69 Å². The van der Waals surface area contributed by atoms with Gasteiger partial charge in [-0.3, -0.25) is 9.36 Å². The monoisotopic (exact) mass is 468 g/mol. The predicted molar refractivity (Wildman–Crippen MR) is 129 cm³/mol. The van der Waals surface area contributed by atoms with Gasteiger partial charge in [0.2, 0.25) is 5.91 Å². The molecule has 1 amide bonds. The van der Waals surface area contributed by atoms with Crippen molar-refractivity contribution in [1.82, 2.24) is 19.7 Å². The molecule has 4 rings (SSSR count). The van der Waals surface area contributed by atoms with E-state index in [1.807, 2.05) is 39.3 Å². The molecule has 3 heterocycles. The van der Waals surface area contributed by atoms with Gasteiger partial charge in [-0.1, -0.05) is 36.0 Å². The molecule has 0 spiro atoms. The average Bonchev–Trinajstić information content (AvgIpc) is 3.51. The zero-order chi connectivity index (χ0) is 21.8. The van der Waals surface area contributed by atoms with E-state index >= 15 is 0 Å². The average molecular weight is 469 g/mol. The van der Waals surface area contributed by atoms with Gasteiger partial charge in [-0.25, -0.2) is 0 Å². The van der Waals surface area contributed by atoms with E-state index in [4.69, 9.17) is 0 Å². The topological polar surface area (TPSA) is 51.0 Å². The van der Waals surface area contributed by atoms with Crippen molar-refractivity contribution in [2.24, 2.45) is 0 Å². The smallest absolute Gasteiger partial charge is 0.233 e. The van der Waals surface area contributed by atoms with Gasteiger partial charge in [-0.2, -0.15) is 0 Å². The summed E-state index contributed by atoms with van der Waals surface area (Å²) in [5.74, 6) is 1.23. The zero-order valence-electron chi connectivity index (χ0n) is 17.7. The summed E-state index contributed by atoms with van der Waals surface area (Å²) in [7, 11) is 0. The number of rotatable bonds is 8. The summed E-state index contributed by atoms with van der Waals surface area (Å²) in [6.07, 6.45) is 0. The molecule has 0 aliphatic carbocycles. The molecule has 3 aromatic heterocycles. The van der Waals surface area contributed by atoms with Crippen molar-refractivity contribution in [2.45, 2.75) is 39.0 Å². The first-order chi connectivity index (χ1) is 15.0. The lowest BCUT2D eigenvalue weighted by atomic mass is 10.1. The minimum Gasteiger partial charge on any atom is -0.332 e. The first-order valence-electron chi connectivity index (χ1n) is 9.96. The van der Waals surface area contributed by atoms with Gasteiger partial charge in [-0.05, 0) is 60.9 Å². The van der Waals surface area contributed by atoms with Crippen LogP contribution in [0.1, 0.15) is 26.7 Å². The molecule has 0 N–H and O–H groups in total. The molecule has 0 radical (unpaired) electrons. The van der Waals surface area contributed by atoms with Crippen molar-refractivity contribution >= 4 is 40.3 Å². The third-order valence-electron chi connectivity index (χ3n) is 4.93. The van der Waals surface area contributed by atoms with E-state index < -0.39 is 0 Å². The number of hydrogen-bond donors (Lipinski definition) is 0. The zero-order valence-corrected chi connectivity index (χ0v) is 20.2. The van der Waals surface area contributed by atoms with Crippen molar-refractivity contribution in [2.75, 3.05) is 5.75 Å². The van der Waals surface area contributed by atoms with E-state index in [0.717, 1.165) is 22.2 Å². The second kappa shape index (κ2) is 9.80. The van der Waals surface area contributed by atoms with E-state index in [2.05, 4.69) is 54.4 Å². The lowest BCUT2D eigenvalue weighted by Crippen LogP contribution is -2.31. The lowest BCUT2D eigenvalue weighted by Gasteiger charge is -2.21. The van der Waals surface area contributed by atoms with E-state index in [1.54, 1.807) is 22.7 Å². The van der Waals surface area contributed by atoms with Gasteiger partial charge in [-0.15, -0.1) is 32.9 Å². The van der Waals surface area contributed by atoms with E-state index in [9.17, 15) is 4.79 Å². The molecule has 4 aromatic rings. The van der Waals surface area contributed by atoms with Crippen LogP contribution < -0.4 is 0 Å². The van der Waals surface area contributed by atoms with E-state index in [0.29, 0.717) is 18.8 Å². The van der Waals surface area contributed by atoms with Gasteiger partial charge >= 0.3 is 0 Å². The molecule has 0 bridgehead atoms. The Hall–Kier alpha value is -2.42. The largest absolute Gasteiger partial charge is 0.332 e. The van der Waals surface area contributed by atoms with Crippen LogP contribution in [0.4, 0.5) is 0 Å². The molecule has 8 heteroatoms. The van der Waals surface area contributed by atoms with Crippen molar-refractivity contribution in [3.63, 3.8) is 0 Å².